The van der Waals surface area contributed by atoms with E-state index >= 15 is 0 Å². The van der Waals surface area contributed by atoms with E-state index in [0.29, 0.717) is 0 Å². The lowest BCUT2D eigenvalue weighted by molar-refractivity contribution is 0.271. The second-order valence-corrected chi connectivity index (χ2v) is 5.63. The number of hydrogen-bond donors (Lipinski definition) is 1. The van der Waals surface area contributed by atoms with Crippen LogP contribution in [-0.2, 0) is 13.1 Å². The number of rotatable bonds is 6. The molecule has 0 fully saturated rings. The van der Waals surface area contributed by atoms with Gasteiger partial charge in [0, 0.05) is 18.2 Å². The van der Waals surface area contributed by atoms with Crippen LogP contribution in [0.15, 0.2) is 10.6 Å². The van der Waals surface area contributed by atoms with Gasteiger partial charge in [-0.25, -0.2) is 0 Å². The molecule has 0 bridgehead atoms. The third-order valence-electron chi connectivity index (χ3n) is 2.44. The van der Waals surface area contributed by atoms with Crippen molar-refractivity contribution in [1.82, 2.24) is 15.4 Å². The highest BCUT2D eigenvalue weighted by molar-refractivity contribution is 5.05. The van der Waals surface area contributed by atoms with Crippen LogP contribution in [0, 0.1) is 0 Å². The molecule has 0 amide bonds. The van der Waals surface area contributed by atoms with Crippen LogP contribution < -0.4 is 5.32 Å². The minimum absolute atomic E-state index is 0.109. The van der Waals surface area contributed by atoms with Crippen molar-refractivity contribution in [2.45, 2.75) is 52.7 Å². The molecule has 0 saturated carbocycles. The van der Waals surface area contributed by atoms with E-state index in [0.717, 1.165) is 37.5 Å². The summed E-state index contributed by atoms with van der Waals surface area (Å²) in [7, 11) is 2.10. The summed E-state index contributed by atoms with van der Waals surface area (Å²) in [6, 6.07) is 2.03. The minimum atomic E-state index is 0.109. The standard InChI is InChI=1S/C13H25N3O/c1-6-7-16(5)10-12-8-11(15-17-12)9-14-13(2,3)4/h8,14H,6-7,9-10H2,1-5H3. The number of aromatic nitrogens is 1. The monoisotopic (exact) mass is 239 g/mol. The normalized spacial score (nSPS) is 12.4. The van der Waals surface area contributed by atoms with Crippen LogP contribution in [-0.4, -0.2) is 29.2 Å². The molecular formula is C13H25N3O. The van der Waals surface area contributed by atoms with E-state index in [1.165, 1.54) is 0 Å². The summed E-state index contributed by atoms with van der Waals surface area (Å²) in [5.74, 6) is 0.937. The third kappa shape index (κ3) is 5.84. The van der Waals surface area contributed by atoms with Crippen molar-refractivity contribution in [2.75, 3.05) is 13.6 Å². The number of nitrogens with zero attached hydrogens (tertiary/aromatic N) is 2. The fourth-order valence-electron chi connectivity index (χ4n) is 1.60. The summed E-state index contributed by atoms with van der Waals surface area (Å²) in [4.78, 5) is 2.24. The molecule has 0 aliphatic carbocycles. The van der Waals surface area contributed by atoms with Gasteiger partial charge >= 0.3 is 0 Å². The van der Waals surface area contributed by atoms with Gasteiger partial charge in [0.1, 0.15) is 0 Å². The van der Waals surface area contributed by atoms with Crippen LogP contribution in [0.2, 0.25) is 0 Å². The zero-order valence-electron chi connectivity index (χ0n) is 11.7. The van der Waals surface area contributed by atoms with Crippen molar-refractivity contribution in [1.29, 1.82) is 0 Å². The molecule has 1 aromatic rings. The van der Waals surface area contributed by atoms with Crippen LogP contribution in [0.5, 0.6) is 0 Å². The van der Waals surface area contributed by atoms with Crippen molar-refractivity contribution in [3.63, 3.8) is 0 Å². The maximum Gasteiger partial charge on any atom is 0.151 e. The van der Waals surface area contributed by atoms with E-state index in [2.05, 4.69) is 50.1 Å². The molecule has 0 aromatic carbocycles. The second kappa shape index (κ2) is 6.17. The molecule has 17 heavy (non-hydrogen) atoms. The predicted octanol–water partition coefficient (Wildman–Crippen LogP) is 2.40. The molecule has 0 saturated heterocycles. The molecule has 0 aliphatic heterocycles. The van der Waals surface area contributed by atoms with Gasteiger partial charge in [0.05, 0.1) is 12.2 Å². The fraction of sp³-hybridized carbons (Fsp3) is 0.769. The molecule has 4 heteroatoms. The highest BCUT2D eigenvalue weighted by atomic mass is 16.5. The van der Waals surface area contributed by atoms with E-state index in [1.54, 1.807) is 0 Å². The summed E-state index contributed by atoms with van der Waals surface area (Å²) in [6.45, 7) is 11.3. The van der Waals surface area contributed by atoms with E-state index in [4.69, 9.17) is 4.52 Å². The smallest absolute Gasteiger partial charge is 0.151 e. The lowest BCUT2D eigenvalue weighted by Crippen LogP contribution is -2.35. The Hall–Kier alpha value is -0.870. The first-order valence-corrected chi connectivity index (χ1v) is 6.29. The maximum atomic E-state index is 5.32. The van der Waals surface area contributed by atoms with Gasteiger partial charge in [0.2, 0.25) is 0 Å². The summed E-state index contributed by atoms with van der Waals surface area (Å²) >= 11 is 0. The third-order valence-corrected chi connectivity index (χ3v) is 2.44. The molecule has 4 nitrogen and oxygen atoms in total. The first-order valence-electron chi connectivity index (χ1n) is 6.29. The second-order valence-electron chi connectivity index (χ2n) is 5.63. The van der Waals surface area contributed by atoms with E-state index in [1.807, 2.05) is 6.07 Å². The molecule has 0 aliphatic rings. The fourth-order valence-corrected chi connectivity index (χ4v) is 1.60. The van der Waals surface area contributed by atoms with Crippen molar-refractivity contribution in [2.24, 2.45) is 0 Å². The zero-order chi connectivity index (χ0) is 12.9. The summed E-state index contributed by atoms with van der Waals surface area (Å²) in [5.41, 5.74) is 1.08. The van der Waals surface area contributed by atoms with Crippen molar-refractivity contribution in [3.8, 4) is 0 Å². The van der Waals surface area contributed by atoms with Crippen LogP contribution in [0.3, 0.4) is 0 Å². The number of hydrogen-bond acceptors (Lipinski definition) is 4. The first-order chi connectivity index (χ1) is 7.90. The van der Waals surface area contributed by atoms with Crippen LogP contribution in [0.25, 0.3) is 0 Å². The van der Waals surface area contributed by atoms with Gasteiger partial charge in [-0.2, -0.15) is 0 Å². The Labute approximate surface area is 104 Å². The minimum Gasteiger partial charge on any atom is -0.360 e. The topological polar surface area (TPSA) is 41.3 Å². The number of nitrogens with one attached hydrogen (secondary N) is 1. The van der Waals surface area contributed by atoms with E-state index in [9.17, 15) is 0 Å². The largest absolute Gasteiger partial charge is 0.360 e. The van der Waals surface area contributed by atoms with Crippen LogP contribution >= 0.6 is 0 Å². The Morgan fingerprint density at radius 3 is 2.71 bits per heavy atom. The summed E-state index contributed by atoms with van der Waals surface area (Å²) < 4.78 is 5.32. The molecule has 0 spiro atoms. The van der Waals surface area contributed by atoms with Gasteiger partial charge < -0.3 is 9.84 Å². The van der Waals surface area contributed by atoms with Crippen LogP contribution in [0.4, 0.5) is 0 Å². The van der Waals surface area contributed by atoms with Gasteiger partial charge in [-0.1, -0.05) is 12.1 Å². The SMILES string of the molecule is CCCN(C)Cc1cc(CNC(C)(C)C)no1. The van der Waals surface area contributed by atoms with Gasteiger partial charge in [0.15, 0.2) is 5.76 Å². The van der Waals surface area contributed by atoms with Gasteiger partial charge in [0.25, 0.3) is 0 Å². The molecule has 0 unspecified atom stereocenters. The van der Waals surface area contributed by atoms with Crippen molar-refractivity contribution < 1.29 is 4.52 Å². The lowest BCUT2D eigenvalue weighted by atomic mass is 10.1. The zero-order valence-corrected chi connectivity index (χ0v) is 11.7. The van der Waals surface area contributed by atoms with Gasteiger partial charge in [-0.05, 0) is 40.8 Å². The molecule has 0 atom stereocenters. The molecule has 1 N–H and O–H groups in total. The van der Waals surface area contributed by atoms with Gasteiger partial charge in [-0.3, -0.25) is 4.90 Å². The molecule has 98 valence electrons. The van der Waals surface area contributed by atoms with Crippen LogP contribution in [0.1, 0.15) is 45.6 Å². The van der Waals surface area contributed by atoms with Crippen molar-refractivity contribution >= 4 is 0 Å². The van der Waals surface area contributed by atoms with E-state index in [-0.39, 0.29) is 5.54 Å². The molecular weight excluding hydrogens is 214 g/mol. The lowest BCUT2D eigenvalue weighted by Gasteiger charge is -2.19. The first kappa shape index (κ1) is 14.2. The predicted molar refractivity (Wildman–Crippen MR) is 69.7 cm³/mol. The molecule has 1 aromatic heterocycles. The Bertz CT molecular complexity index is 328. The molecule has 0 radical (unpaired) electrons. The Balaban J connectivity index is 2.42. The van der Waals surface area contributed by atoms with Crippen molar-refractivity contribution in [3.05, 3.63) is 17.5 Å². The Kier molecular flexibility index (Phi) is 5.15. The highest BCUT2D eigenvalue weighted by Crippen LogP contribution is 2.08. The maximum absolute atomic E-state index is 5.32. The highest BCUT2D eigenvalue weighted by Gasteiger charge is 2.11. The Morgan fingerprint density at radius 1 is 1.41 bits per heavy atom. The van der Waals surface area contributed by atoms with E-state index < -0.39 is 0 Å². The van der Waals surface area contributed by atoms with Gasteiger partial charge in [-0.15, -0.1) is 0 Å². The molecule has 1 heterocycles. The quantitative estimate of drug-likeness (QED) is 0.827. The Morgan fingerprint density at radius 2 is 2.12 bits per heavy atom. The summed E-state index contributed by atoms with van der Waals surface area (Å²) in [6.07, 6.45) is 1.16. The molecule has 1 rings (SSSR count). The summed E-state index contributed by atoms with van der Waals surface area (Å²) in [5, 5.41) is 7.46. The average molecular weight is 239 g/mol. The average Bonchev–Trinajstić information content (AvgIpc) is 2.62.